The summed E-state index contributed by atoms with van der Waals surface area (Å²) in [5.74, 6) is 1.82. The fourth-order valence-corrected chi connectivity index (χ4v) is 2.62. The number of hydrogen-bond donors (Lipinski definition) is 0. The lowest BCUT2D eigenvalue weighted by Crippen LogP contribution is -2.10. The Kier molecular flexibility index (Phi) is 5.76. The van der Waals surface area contributed by atoms with E-state index in [1.807, 2.05) is 0 Å². The zero-order chi connectivity index (χ0) is 11.1. The van der Waals surface area contributed by atoms with Gasteiger partial charge in [-0.25, -0.2) is 0 Å². The van der Waals surface area contributed by atoms with Gasteiger partial charge in [0, 0.05) is 12.3 Å². The molecule has 86 valence electrons. The number of esters is 1. The van der Waals surface area contributed by atoms with Crippen molar-refractivity contribution < 1.29 is 14.3 Å². The Morgan fingerprint density at radius 1 is 1.60 bits per heavy atom. The van der Waals surface area contributed by atoms with E-state index in [0.717, 1.165) is 31.4 Å². The molecule has 1 unspecified atom stereocenters. The van der Waals surface area contributed by atoms with Crippen molar-refractivity contribution in [3.05, 3.63) is 0 Å². The highest BCUT2D eigenvalue weighted by atomic mass is 32.2. The molecule has 1 aliphatic rings. The van der Waals surface area contributed by atoms with E-state index >= 15 is 0 Å². The highest BCUT2D eigenvalue weighted by Crippen LogP contribution is 2.25. The summed E-state index contributed by atoms with van der Waals surface area (Å²) in [7, 11) is 0. The van der Waals surface area contributed by atoms with E-state index in [1.165, 1.54) is 0 Å². The summed E-state index contributed by atoms with van der Waals surface area (Å²) >= 11 is 1.56. The van der Waals surface area contributed by atoms with Crippen molar-refractivity contribution in [2.45, 2.75) is 32.6 Å². The summed E-state index contributed by atoms with van der Waals surface area (Å²) < 4.78 is 4.81. The van der Waals surface area contributed by atoms with E-state index in [4.69, 9.17) is 4.74 Å². The Labute approximate surface area is 94.9 Å². The van der Waals surface area contributed by atoms with Gasteiger partial charge in [0.2, 0.25) is 0 Å². The maximum absolute atomic E-state index is 11.3. The van der Waals surface area contributed by atoms with Gasteiger partial charge in [0.25, 0.3) is 0 Å². The maximum atomic E-state index is 11.3. The quantitative estimate of drug-likeness (QED) is 0.517. The van der Waals surface area contributed by atoms with Crippen LogP contribution in [0.25, 0.3) is 0 Å². The van der Waals surface area contributed by atoms with Crippen molar-refractivity contribution in [3.8, 4) is 0 Å². The largest absolute Gasteiger partial charge is 0.465 e. The molecule has 0 N–H and O–H groups in total. The average molecular weight is 230 g/mol. The predicted octanol–water partition coefficient (Wildman–Crippen LogP) is 2.04. The SMILES string of the molecule is CCOC(=O)CSCCC1CCCC1=O. The summed E-state index contributed by atoms with van der Waals surface area (Å²) in [5.41, 5.74) is 0. The zero-order valence-electron chi connectivity index (χ0n) is 9.16. The van der Waals surface area contributed by atoms with E-state index in [1.54, 1.807) is 18.7 Å². The third-order valence-corrected chi connectivity index (χ3v) is 3.53. The minimum absolute atomic E-state index is 0.153. The molecule has 0 aromatic rings. The summed E-state index contributed by atoms with van der Waals surface area (Å²) in [5, 5.41) is 0. The average Bonchev–Trinajstić information content (AvgIpc) is 2.60. The zero-order valence-corrected chi connectivity index (χ0v) is 9.98. The number of hydrogen-bond acceptors (Lipinski definition) is 4. The second kappa shape index (κ2) is 6.88. The molecule has 0 spiro atoms. The van der Waals surface area contributed by atoms with Gasteiger partial charge in [-0.3, -0.25) is 9.59 Å². The first kappa shape index (κ1) is 12.6. The predicted molar refractivity (Wildman–Crippen MR) is 60.9 cm³/mol. The number of Topliss-reactive ketones (excluding diaryl/α,β-unsaturated/α-hetero) is 1. The summed E-state index contributed by atoms with van der Waals surface area (Å²) in [6.45, 7) is 2.25. The van der Waals surface area contributed by atoms with Gasteiger partial charge in [-0.05, 0) is 31.9 Å². The van der Waals surface area contributed by atoms with Crippen LogP contribution < -0.4 is 0 Å². The third kappa shape index (κ3) is 4.69. The summed E-state index contributed by atoms with van der Waals surface area (Å²) in [4.78, 5) is 22.3. The Morgan fingerprint density at radius 3 is 3.00 bits per heavy atom. The van der Waals surface area contributed by atoms with E-state index < -0.39 is 0 Å². The van der Waals surface area contributed by atoms with E-state index in [9.17, 15) is 9.59 Å². The molecule has 1 atom stereocenters. The van der Waals surface area contributed by atoms with Crippen molar-refractivity contribution >= 4 is 23.5 Å². The number of ether oxygens (including phenoxy) is 1. The van der Waals surface area contributed by atoms with Crippen LogP contribution in [0.3, 0.4) is 0 Å². The van der Waals surface area contributed by atoms with E-state index in [2.05, 4.69) is 0 Å². The van der Waals surface area contributed by atoms with Crippen LogP contribution >= 0.6 is 11.8 Å². The van der Waals surface area contributed by atoms with Gasteiger partial charge in [-0.15, -0.1) is 0 Å². The van der Waals surface area contributed by atoms with Crippen molar-refractivity contribution in [2.24, 2.45) is 5.92 Å². The Bertz CT molecular complexity index is 228. The first-order chi connectivity index (χ1) is 7.24. The molecule has 1 rings (SSSR count). The lowest BCUT2D eigenvalue weighted by atomic mass is 10.1. The molecule has 0 saturated heterocycles. The fourth-order valence-electron chi connectivity index (χ4n) is 1.78. The number of carbonyl (C=O) groups excluding carboxylic acids is 2. The Morgan fingerprint density at radius 2 is 2.40 bits per heavy atom. The van der Waals surface area contributed by atoms with Gasteiger partial charge in [0.05, 0.1) is 12.4 Å². The van der Waals surface area contributed by atoms with E-state index in [-0.39, 0.29) is 11.9 Å². The van der Waals surface area contributed by atoms with E-state index in [0.29, 0.717) is 18.1 Å². The first-order valence-electron chi connectivity index (χ1n) is 5.50. The van der Waals surface area contributed by atoms with Gasteiger partial charge in [0.15, 0.2) is 0 Å². The smallest absolute Gasteiger partial charge is 0.315 e. The molecular weight excluding hydrogens is 212 g/mol. The molecular formula is C11H18O3S. The fraction of sp³-hybridized carbons (Fsp3) is 0.818. The van der Waals surface area contributed by atoms with Crippen LogP contribution in [0.2, 0.25) is 0 Å². The molecule has 1 saturated carbocycles. The number of rotatable bonds is 6. The maximum Gasteiger partial charge on any atom is 0.315 e. The molecule has 4 heteroatoms. The Balaban J connectivity index is 2.01. The molecule has 0 radical (unpaired) electrons. The van der Waals surface area contributed by atoms with Crippen LogP contribution in [0.15, 0.2) is 0 Å². The van der Waals surface area contributed by atoms with Crippen molar-refractivity contribution in [1.29, 1.82) is 0 Å². The van der Waals surface area contributed by atoms with Crippen LogP contribution in [-0.2, 0) is 14.3 Å². The highest BCUT2D eigenvalue weighted by Gasteiger charge is 2.23. The van der Waals surface area contributed by atoms with Gasteiger partial charge in [-0.1, -0.05) is 0 Å². The van der Waals surface area contributed by atoms with Crippen LogP contribution in [0.5, 0.6) is 0 Å². The molecule has 0 amide bonds. The molecule has 0 bridgehead atoms. The molecule has 1 fully saturated rings. The van der Waals surface area contributed by atoms with Gasteiger partial charge in [-0.2, -0.15) is 11.8 Å². The third-order valence-electron chi connectivity index (χ3n) is 2.57. The normalized spacial score (nSPS) is 20.6. The molecule has 0 heterocycles. The topological polar surface area (TPSA) is 43.4 Å². The number of thioether (sulfide) groups is 1. The van der Waals surface area contributed by atoms with Crippen LogP contribution in [0.1, 0.15) is 32.6 Å². The molecule has 0 aliphatic heterocycles. The van der Waals surface area contributed by atoms with Crippen LogP contribution in [-0.4, -0.2) is 29.9 Å². The lowest BCUT2D eigenvalue weighted by molar-refractivity contribution is -0.139. The summed E-state index contributed by atoms with van der Waals surface area (Å²) in [6.07, 6.45) is 3.76. The second-order valence-electron chi connectivity index (χ2n) is 3.70. The molecule has 15 heavy (non-hydrogen) atoms. The first-order valence-corrected chi connectivity index (χ1v) is 6.65. The minimum Gasteiger partial charge on any atom is -0.465 e. The van der Waals surface area contributed by atoms with Gasteiger partial charge >= 0.3 is 5.97 Å². The van der Waals surface area contributed by atoms with Crippen LogP contribution in [0, 0.1) is 5.92 Å². The number of carbonyl (C=O) groups is 2. The molecule has 0 aromatic carbocycles. The van der Waals surface area contributed by atoms with Gasteiger partial charge < -0.3 is 4.74 Å². The standard InChI is InChI=1S/C11H18O3S/c1-2-14-11(13)8-15-7-6-9-4-3-5-10(9)12/h9H,2-8H2,1H3. The number of ketones is 1. The molecule has 3 nitrogen and oxygen atoms in total. The lowest BCUT2D eigenvalue weighted by Gasteiger charge is -2.06. The molecule has 1 aliphatic carbocycles. The van der Waals surface area contributed by atoms with Crippen molar-refractivity contribution in [3.63, 3.8) is 0 Å². The van der Waals surface area contributed by atoms with Crippen molar-refractivity contribution in [1.82, 2.24) is 0 Å². The second-order valence-corrected chi connectivity index (χ2v) is 4.81. The van der Waals surface area contributed by atoms with Crippen molar-refractivity contribution in [2.75, 3.05) is 18.1 Å². The summed E-state index contributed by atoms with van der Waals surface area (Å²) in [6, 6.07) is 0. The minimum atomic E-state index is -0.153. The highest BCUT2D eigenvalue weighted by molar-refractivity contribution is 7.99. The molecule has 0 aromatic heterocycles. The monoisotopic (exact) mass is 230 g/mol. The van der Waals surface area contributed by atoms with Gasteiger partial charge in [0.1, 0.15) is 5.78 Å². The Hall–Kier alpha value is -0.510. The van der Waals surface area contributed by atoms with Crippen LogP contribution in [0.4, 0.5) is 0 Å².